The number of aryl methyl sites for hydroxylation is 1. The van der Waals surface area contributed by atoms with Crippen molar-refractivity contribution in [2.45, 2.75) is 20.8 Å². The fraction of sp³-hybridized carbons (Fsp3) is 0.160. The number of pyridine rings is 1. The maximum absolute atomic E-state index is 13.2. The van der Waals surface area contributed by atoms with Crippen LogP contribution in [-0.2, 0) is 0 Å². The van der Waals surface area contributed by atoms with E-state index < -0.39 is 0 Å². The second-order valence-corrected chi connectivity index (χ2v) is 9.74. The van der Waals surface area contributed by atoms with Gasteiger partial charge in [-0.3, -0.25) is 4.79 Å². The van der Waals surface area contributed by atoms with Crippen molar-refractivity contribution >= 4 is 49.8 Å². The number of rotatable bonds is 6. The van der Waals surface area contributed by atoms with Gasteiger partial charge in [0, 0.05) is 10.9 Å². The first-order valence-corrected chi connectivity index (χ1v) is 11.8. The van der Waals surface area contributed by atoms with Crippen LogP contribution in [0.5, 0.6) is 5.75 Å². The number of amides is 1. The molecule has 0 unspecified atom stereocenters. The number of fused-ring (bicyclic) bond motifs is 1. The molecule has 4 aromatic rings. The Bertz CT molecular complexity index is 1310. The molecule has 0 saturated carbocycles. The number of carbonyl (C=O) groups is 1. The zero-order valence-corrected chi connectivity index (χ0v) is 20.4. The largest absolute Gasteiger partial charge is 0.494 e. The highest BCUT2D eigenvalue weighted by Crippen LogP contribution is 2.27. The first-order chi connectivity index (χ1) is 15.4. The Morgan fingerprint density at radius 2 is 1.91 bits per heavy atom. The van der Waals surface area contributed by atoms with E-state index in [4.69, 9.17) is 9.72 Å². The Kier molecular flexibility index (Phi) is 6.67. The van der Waals surface area contributed by atoms with Gasteiger partial charge in [-0.05, 0) is 91.3 Å². The average Bonchev–Trinajstić information content (AvgIpc) is 3.23. The lowest BCUT2D eigenvalue weighted by Crippen LogP contribution is -2.20. The van der Waals surface area contributed by atoms with Crippen LogP contribution in [0.2, 0.25) is 0 Å². The third-order valence-electron chi connectivity index (χ3n) is 4.92. The van der Waals surface area contributed by atoms with Crippen molar-refractivity contribution in [3.8, 4) is 17.0 Å². The van der Waals surface area contributed by atoms with Crippen molar-refractivity contribution in [1.29, 1.82) is 0 Å². The van der Waals surface area contributed by atoms with Crippen LogP contribution >= 0.6 is 27.3 Å². The average molecular weight is 508 g/mol. The minimum absolute atomic E-state index is 0.273. The first kappa shape index (κ1) is 22.2. The van der Waals surface area contributed by atoms with E-state index in [0.717, 1.165) is 47.8 Å². The van der Waals surface area contributed by atoms with Crippen LogP contribution in [0.3, 0.4) is 0 Å². The van der Waals surface area contributed by atoms with E-state index >= 15 is 0 Å². The third-order valence-corrected chi connectivity index (χ3v) is 6.66. The van der Waals surface area contributed by atoms with Gasteiger partial charge in [0.2, 0.25) is 0 Å². The molecular weight excluding hydrogens is 486 g/mol. The summed E-state index contributed by atoms with van der Waals surface area (Å²) in [6.07, 6.45) is 0. The Morgan fingerprint density at radius 3 is 2.59 bits per heavy atom. The summed E-state index contributed by atoms with van der Waals surface area (Å²) in [5, 5.41) is 5.11. The molecule has 4 rings (SSSR count). The lowest BCUT2D eigenvalue weighted by atomic mass is 10.0. The van der Waals surface area contributed by atoms with E-state index in [0.29, 0.717) is 12.2 Å². The molecule has 0 saturated heterocycles. The molecule has 1 amide bonds. The predicted octanol–water partition coefficient (Wildman–Crippen LogP) is 6.59. The quantitative estimate of drug-likeness (QED) is 0.236. The van der Waals surface area contributed by atoms with E-state index in [2.05, 4.69) is 26.5 Å². The predicted molar refractivity (Wildman–Crippen MR) is 135 cm³/mol. The number of nitrogens with zero attached hydrogens (tertiary/aromatic N) is 2. The Hall–Kier alpha value is -3.03. The monoisotopic (exact) mass is 507 g/mol. The molecule has 0 atom stereocenters. The number of halogens is 1. The second-order valence-electron chi connectivity index (χ2n) is 7.27. The minimum atomic E-state index is -0.273. The van der Waals surface area contributed by atoms with Gasteiger partial charge in [0.15, 0.2) is 0 Å². The summed E-state index contributed by atoms with van der Waals surface area (Å²) in [7, 11) is 0. The van der Waals surface area contributed by atoms with Crippen molar-refractivity contribution in [3.63, 3.8) is 0 Å². The summed E-state index contributed by atoms with van der Waals surface area (Å²) in [5.41, 5.74) is 7.44. The fourth-order valence-electron chi connectivity index (χ4n) is 3.32. The number of carbonyl (C=O) groups excluding carboxylic acids is 1. The molecule has 0 radical (unpaired) electrons. The van der Waals surface area contributed by atoms with Crippen LogP contribution < -0.4 is 10.2 Å². The highest BCUT2D eigenvalue weighted by molar-refractivity contribution is 9.11. The molecular formula is C25H22BrN3O2S. The van der Waals surface area contributed by atoms with Gasteiger partial charge < -0.3 is 4.74 Å². The molecule has 0 aliphatic carbocycles. The van der Waals surface area contributed by atoms with E-state index in [1.54, 1.807) is 11.3 Å². The normalized spacial score (nSPS) is 11.6. The van der Waals surface area contributed by atoms with Crippen LogP contribution in [0.4, 0.5) is 0 Å². The van der Waals surface area contributed by atoms with Crippen molar-refractivity contribution in [2.24, 2.45) is 5.10 Å². The Morgan fingerprint density at radius 1 is 1.12 bits per heavy atom. The van der Waals surface area contributed by atoms with E-state index in [9.17, 15) is 4.79 Å². The second kappa shape index (κ2) is 9.63. The minimum Gasteiger partial charge on any atom is -0.494 e. The maximum atomic E-state index is 13.2. The maximum Gasteiger partial charge on any atom is 0.272 e. The van der Waals surface area contributed by atoms with Gasteiger partial charge in [0.05, 0.1) is 37.8 Å². The molecule has 2 aromatic heterocycles. The molecule has 7 heteroatoms. The third kappa shape index (κ3) is 4.89. The molecule has 0 fully saturated rings. The zero-order chi connectivity index (χ0) is 22.7. The molecule has 0 aliphatic rings. The number of thiophene rings is 1. The number of hydrazone groups is 1. The molecule has 32 heavy (non-hydrogen) atoms. The topological polar surface area (TPSA) is 63.6 Å². The van der Waals surface area contributed by atoms with E-state index in [1.165, 1.54) is 0 Å². The standard InChI is InChI=1S/C25H22BrN3O2S/c1-4-31-18-8-6-17(7-9-18)22-14-20(19-13-15(2)5-10-21(19)27-22)25(30)29-28-16(3)23-11-12-24(26)32-23/h5-14H,4H2,1-3H3,(H,29,30). The molecule has 2 heterocycles. The van der Waals surface area contributed by atoms with Crippen LogP contribution in [0, 0.1) is 6.92 Å². The van der Waals surface area contributed by atoms with Crippen molar-refractivity contribution < 1.29 is 9.53 Å². The molecule has 1 N–H and O–H groups in total. The highest BCUT2D eigenvalue weighted by Gasteiger charge is 2.15. The number of hydrogen-bond donors (Lipinski definition) is 1. The molecule has 5 nitrogen and oxygen atoms in total. The van der Waals surface area contributed by atoms with E-state index in [1.807, 2.05) is 81.4 Å². The summed E-state index contributed by atoms with van der Waals surface area (Å²) in [5.74, 6) is 0.529. The van der Waals surface area contributed by atoms with Crippen LogP contribution in [0.1, 0.15) is 34.6 Å². The summed E-state index contributed by atoms with van der Waals surface area (Å²) in [6.45, 7) is 6.43. The Balaban J connectivity index is 1.71. The van der Waals surface area contributed by atoms with Crippen molar-refractivity contribution in [3.05, 3.63) is 80.5 Å². The number of aromatic nitrogens is 1. The van der Waals surface area contributed by atoms with Crippen molar-refractivity contribution in [2.75, 3.05) is 6.61 Å². The molecule has 0 aliphatic heterocycles. The van der Waals surface area contributed by atoms with E-state index in [-0.39, 0.29) is 5.91 Å². The SMILES string of the molecule is CCOc1ccc(-c2cc(C(=O)NN=C(C)c3ccc(Br)s3)c3cc(C)ccc3n2)cc1. The summed E-state index contributed by atoms with van der Waals surface area (Å²) >= 11 is 5.02. The van der Waals surface area contributed by atoms with Gasteiger partial charge in [-0.15, -0.1) is 11.3 Å². The van der Waals surface area contributed by atoms with Gasteiger partial charge in [-0.2, -0.15) is 5.10 Å². The van der Waals surface area contributed by atoms with Crippen LogP contribution in [0.25, 0.3) is 22.2 Å². The molecule has 162 valence electrons. The molecule has 0 spiro atoms. The summed E-state index contributed by atoms with van der Waals surface area (Å²) in [4.78, 5) is 18.9. The molecule has 2 aromatic carbocycles. The first-order valence-electron chi connectivity index (χ1n) is 10.2. The fourth-order valence-corrected chi connectivity index (χ4v) is 4.65. The van der Waals surface area contributed by atoms with Gasteiger partial charge in [-0.1, -0.05) is 11.6 Å². The van der Waals surface area contributed by atoms with Crippen molar-refractivity contribution in [1.82, 2.24) is 10.4 Å². The van der Waals surface area contributed by atoms with Gasteiger partial charge in [-0.25, -0.2) is 10.4 Å². The lowest BCUT2D eigenvalue weighted by molar-refractivity contribution is 0.0956. The van der Waals surface area contributed by atoms with Gasteiger partial charge >= 0.3 is 0 Å². The Labute approximate surface area is 199 Å². The summed E-state index contributed by atoms with van der Waals surface area (Å²) in [6, 6.07) is 19.4. The number of benzene rings is 2. The van der Waals surface area contributed by atoms with Gasteiger partial charge in [0.1, 0.15) is 5.75 Å². The molecule has 0 bridgehead atoms. The van der Waals surface area contributed by atoms with Crippen LogP contribution in [0.15, 0.2) is 69.6 Å². The lowest BCUT2D eigenvalue weighted by Gasteiger charge is -2.11. The smallest absolute Gasteiger partial charge is 0.272 e. The van der Waals surface area contributed by atoms with Gasteiger partial charge in [0.25, 0.3) is 5.91 Å². The number of nitrogens with one attached hydrogen (secondary N) is 1. The highest BCUT2D eigenvalue weighted by atomic mass is 79.9. The zero-order valence-electron chi connectivity index (χ0n) is 18.0. The summed E-state index contributed by atoms with van der Waals surface area (Å²) < 4.78 is 6.55. The number of hydrogen-bond acceptors (Lipinski definition) is 5. The number of ether oxygens (including phenoxy) is 1. The van der Waals surface area contributed by atoms with Crippen LogP contribution in [-0.4, -0.2) is 23.2 Å².